The lowest BCUT2D eigenvalue weighted by Crippen LogP contribution is -2.30. The average molecular weight is 355 g/mol. The summed E-state index contributed by atoms with van der Waals surface area (Å²) >= 11 is 0. The van der Waals surface area contributed by atoms with Crippen molar-refractivity contribution < 1.29 is 19.1 Å². The molecule has 26 heavy (non-hydrogen) atoms. The van der Waals surface area contributed by atoms with Gasteiger partial charge in [-0.1, -0.05) is 17.7 Å². The average Bonchev–Trinajstić information content (AvgIpc) is 2.59. The van der Waals surface area contributed by atoms with Crippen molar-refractivity contribution in [1.82, 2.24) is 0 Å². The second-order valence-electron chi connectivity index (χ2n) is 6.27. The van der Waals surface area contributed by atoms with E-state index in [0.717, 1.165) is 16.7 Å². The quantitative estimate of drug-likeness (QED) is 0.789. The fraction of sp³-hybridized carbons (Fsp3) is 0.333. The number of esters is 1. The molecule has 0 aliphatic heterocycles. The van der Waals surface area contributed by atoms with Crippen molar-refractivity contribution in [2.75, 3.05) is 11.9 Å². The summed E-state index contributed by atoms with van der Waals surface area (Å²) in [5.74, 6) is 0.0598. The number of ether oxygens (including phenoxy) is 2. The molecular weight excluding hydrogens is 330 g/mol. The molecule has 0 bridgehead atoms. The first kappa shape index (κ1) is 19.5. The van der Waals surface area contributed by atoms with Gasteiger partial charge < -0.3 is 14.8 Å². The van der Waals surface area contributed by atoms with Crippen LogP contribution in [0.5, 0.6) is 5.75 Å². The molecule has 1 N–H and O–H groups in total. The fourth-order valence-electron chi connectivity index (χ4n) is 2.56. The van der Waals surface area contributed by atoms with E-state index in [0.29, 0.717) is 23.6 Å². The van der Waals surface area contributed by atoms with Gasteiger partial charge in [0.05, 0.1) is 12.2 Å². The van der Waals surface area contributed by atoms with Gasteiger partial charge in [-0.05, 0) is 70.0 Å². The molecule has 2 aromatic carbocycles. The van der Waals surface area contributed by atoms with Crippen LogP contribution in [0.4, 0.5) is 5.69 Å². The molecule has 5 nitrogen and oxygen atoms in total. The van der Waals surface area contributed by atoms with E-state index in [-0.39, 0.29) is 11.9 Å². The second-order valence-corrected chi connectivity index (χ2v) is 6.27. The van der Waals surface area contributed by atoms with Crippen molar-refractivity contribution >= 4 is 17.6 Å². The highest BCUT2D eigenvalue weighted by Crippen LogP contribution is 2.21. The first-order valence-electron chi connectivity index (χ1n) is 8.64. The fourth-order valence-corrected chi connectivity index (χ4v) is 2.56. The van der Waals surface area contributed by atoms with Gasteiger partial charge in [-0.2, -0.15) is 0 Å². The topological polar surface area (TPSA) is 64.6 Å². The highest BCUT2D eigenvalue weighted by Gasteiger charge is 2.17. The summed E-state index contributed by atoms with van der Waals surface area (Å²) in [4.78, 5) is 24.2. The van der Waals surface area contributed by atoms with Gasteiger partial charge in [0.2, 0.25) is 0 Å². The number of aryl methyl sites for hydroxylation is 3. The summed E-state index contributed by atoms with van der Waals surface area (Å²) in [7, 11) is 0. The van der Waals surface area contributed by atoms with Gasteiger partial charge in [-0.3, -0.25) is 4.79 Å². The minimum Gasteiger partial charge on any atom is -0.481 e. The van der Waals surface area contributed by atoms with Gasteiger partial charge in [0, 0.05) is 5.69 Å². The summed E-state index contributed by atoms with van der Waals surface area (Å²) in [6, 6.07) is 10.9. The Morgan fingerprint density at radius 2 is 1.77 bits per heavy atom. The van der Waals surface area contributed by atoms with Gasteiger partial charge >= 0.3 is 5.97 Å². The molecule has 1 atom stereocenters. The van der Waals surface area contributed by atoms with Crippen LogP contribution >= 0.6 is 0 Å². The first-order valence-corrected chi connectivity index (χ1v) is 8.64. The molecule has 0 radical (unpaired) electrons. The Morgan fingerprint density at radius 3 is 2.38 bits per heavy atom. The molecule has 0 heterocycles. The van der Waals surface area contributed by atoms with E-state index < -0.39 is 6.10 Å². The van der Waals surface area contributed by atoms with Crippen molar-refractivity contribution in [2.45, 2.75) is 40.7 Å². The number of hydrogen-bond donors (Lipinski definition) is 1. The molecule has 0 spiro atoms. The normalized spacial score (nSPS) is 11.6. The Labute approximate surface area is 154 Å². The van der Waals surface area contributed by atoms with Crippen LogP contribution < -0.4 is 10.1 Å². The van der Waals surface area contributed by atoms with Crippen LogP contribution in [0.3, 0.4) is 0 Å². The van der Waals surface area contributed by atoms with Crippen molar-refractivity contribution in [3.8, 4) is 5.75 Å². The van der Waals surface area contributed by atoms with Gasteiger partial charge in [-0.25, -0.2) is 4.79 Å². The second kappa shape index (κ2) is 8.52. The number of anilines is 1. The van der Waals surface area contributed by atoms with Crippen LogP contribution in [0.1, 0.15) is 40.9 Å². The van der Waals surface area contributed by atoms with Gasteiger partial charge in [0.15, 0.2) is 6.10 Å². The summed E-state index contributed by atoms with van der Waals surface area (Å²) in [6.45, 7) is 9.58. The third-order valence-electron chi connectivity index (χ3n) is 4.00. The SMILES string of the molecule is CCOC(=O)c1ccc(NC(=O)[C@@H](C)Oc2ccc(C)cc2C)c(C)c1. The molecule has 0 aromatic heterocycles. The van der Waals surface area contributed by atoms with E-state index >= 15 is 0 Å². The van der Waals surface area contributed by atoms with Crippen LogP contribution in [0.2, 0.25) is 0 Å². The summed E-state index contributed by atoms with van der Waals surface area (Å²) in [5.41, 5.74) is 4.01. The number of carbonyl (C=O) groups is 2. The molecule has 0 aliphatic rings. The van der Waals surface area contributed by atoms with E-state index in [1.54, 1.807) is 32.0 Å². The van der Waals surface area contributed by atoms with Crippen molar-refractivity contribution in [1.29, 1.82) is 0 Å². The Balaban J connectivity index is 2.05. The van der Waals surface area contributed by atoms with Gasteiger partial charge in [-0.15, -0.1) is 0 Å². The zero-order valence-corrected chi connectivity index (χ0v) is 15.9. The lowest BCUT2D eigenvalue weighted by Gasteiger charge is -2.17. The molecule has 0 saturated carbocycles. The summed E-state index contributed by atoms with van der Waals surface area (Å²) in [5, 5.41) is 2.84. The van der Waals surface area contributed by atoms with Crippen LogP contribution in [0.15, 0.2) is 36.4 Å². The van der Waals surface area contributed by atoms with Gasteiger partial charge in [0.25, 0.3) is 5.91 Å². The third kappa shape index (κ3) is 4.85. The number of carbonyl (C=O) groups excluding carboxylic acids is 2. The van der Waals surface area contributed by atoms with E-state index in [1.165, 1.54) is 0 Å². The molecular formula is C21H25NO4. The minimum absolute atomic E-state index is 0.253. The molecule has 2 aromatic rings. The molecule has 5 heteroatoms. The minimum atomic E-state index is -0.652. The Kier molecular flexibility index (Phi) is 6.39. The summed E-state index contributed by atoms with van der Waals surface area (Å²) in [6.07, 6.45) is -0.652. The molecule has 0 aliphatic carbocycles. The highest BCUT2D eigenvalue weighted by molar-refractivity contribution is 5.96. The molecule has 2 rings (SSSR count). The zero-order chi connectivity index (χ0) is 19.3. The maximum atomic E-state index is 12.4. The van der Waals surface area contributed by atoms with Crippen molar-refractivity contribution in [3.05, 3.63) is 58.7 Å². The molecule has 0 unspecified atom stereocenters. The van der Waals surface area contributed by atoms with E-state index in [1.807, 2.05) is 39.0 Å². The molecule has 138 valence electrons. The standard InChI is InChI=1S/C21H25NO4/c1-6-25-21(24)17-8-9-18(14(3)12-17)22-20(23)16(5)26-19-10-7-13(2)11-15(19)4/h7-12,16H,6H2,1-5H3,(H,22,23)/t16-/m1/s1. The number of nitrogens with one attached hydrogen (secondary N) is 1. The Morgan fingerprint density at radius 1 is 1.04 bits per heavy atom. The number of amides is 1. The first-order chi connectivity index (χ1) is 12.3. The highest BCUT2D eigenvalue weighted by atomic mass is 16.5. The number of hydrogen-bond acceptors (Lipinski definition) is 4. The van der Waals surface area contributed by atoms with Crippen molar-refractivity contribution in [2.24, 2.45) is 0 Å². The zero-order valence-electron chi connectivity index (χ0n) is 15.9. The van der Waals surface area contributed by atoms with Crippen LogP contribution in [0.25, 0.3) is 0 Å². The predicted octanol–water partition coefficient (Wildman–Crippen LogP) is 4.19. The van der Waals surface area contributed by atoms with E-state index in [9.17, 15) is 9.59 Å². The largest absolute Gasteiger partial charge is 0.481 e. The van der Waals surface area contributed by atoms with Crippen LogP contribution in [0, 0.1) is 20.8 Å². The lowest BCUT2D eigenvalue weighted by molar-refractivity contribution is -0.122. The maximum absolute atomic E-state index is 12.4. The Bertz CT molecular complexity index is 814. The summed E-state index contributed by atoms with van der Waals surface area (Å²) < 4.78 is 10.8. The predicted molar refractivity (Wildman–Crippen MR) is 102 cm³/mol. The molecule has 1 amide bonds. The third-order valence-corrected chi connectivity index (χ3v) is 4.00. The van der Waals surface area contributed by atoms with Gasteiger partial charge in [0.1, 0.15) is 5.75 Å². The monoisotopic (exact) mass is 355 g/mol. The van der Waals surface area contributed by atoms with Crippen LogP contribution in [-0.2, 0) is 9.53 Å². The lowest BCUT2D eigenvalue weighted by atomic mass is 10.1. The number of benzene rings is 2. The number of rotatable bonds is 6. The smallest absolute Gasteiger partial charge is 0.338 e. The molecule has 0 saturated heterocycles. The van der Waals surface area contributed by atoms with E-state index in [2.05, 4.69) is 5.32 Å². The van der Waals surface area contributed by atoms with Crippen molar-refractivity contribution in [3.63, 3.8) is 0 Å². The Hall–Kier alpha value is -2.82. The van der Waals surface area contributed by atoms with E-state index in [4.69, 9.17) is 9.47 Å². The maximum Gasteiger partial charge on any atom is 0.338 e. The molecule has 0 fully saturated rings. The van der Waals surface area contributed by atoms with Crippen LogP contribution in [-0.4, -0.2) is 24.6 Å².